The first kappa shape index (κ1) is 16.7. The normalized spacial score (nSPS) is 10.3. The number of amides is 2. The minimum absolute atomic E-state index is 0.146. The molecule has 3 aromatic rings. The van der Waals surface area contributed by atoms with E-state index in [4.69, 9.17) is 0 Å². The number of aromatic nitrogens is 1. The van der Waals surface area contributed by atoms with E-state index in [1.54, 1.807) is 24.3 Å². The average molecular weight is 331 g/mol. The van der Waals surface area contributed by atoms with Crippen LogP contribution >= 0.6 is 0 Å². The van der Waals surface area contributed by atoms with E-state index in [1.807, 2.05) is 48.5 Å². The molecule has 2 aromatic carbocycles. The van der Waals surface area contributed by atoms with Crippen LogP contribution in [0.2, 0.25) is 0 Å². The van der Waals surface area contributed by atoms with E-state index in [0.717, 1.165) is 16.8 Å². The Morgan fingerprint density at radius 1 is 1.04 bits per heavy atom. The lowest BCUT2D eigenvalue weighted by atomic mass is 10.0. The van der Waals surface area contributed by atoms with Crippen molar-refractivity contribution in [1.82, 2.24) is 10.3 Å². The van der Waals surface area contributed by atoms with E-state index in [-0.39, 0.29) is 6.03 Å². The summed E-state index contributed by atoms with van der Waals surface area (Å²) in [5, 5.41) is 2.90. The monoisotopic (exact) mass is 331 g/mol. The van der Waals surface area contributed by atoms with E-state index in [2.05, 4.69) is 29.4 Å². The summed E-state index contributed by atoms with van der Waals surface area (Å²) in [6.07, 6.45) is 3.46. The van der Waals surface area contributed by atoms with E-state index in [0.29, 0.717) is 6.54 Å². The standard InChI is InChI=1S/C21H21N3O/c1-16-6-3-4-8-20(16)18-9-11-19(12-10-18)24(2)21(25)23-15-17-7-5-13-22-14-17/h3-14H,15H2,1-2H3,(H,23,25). The Kier molecular flexibility index (Phi) is 5.09. The summed E-state index contributed by atoms with van der Waals surface area (Å²) >= 11 is 0. The average Bonchev–Trinajstić information content (AvgIpc) is 2.67. The van der Waals surface area contributed by atoms with E-state index in [1.165, 1.54) is 11.1 Å². The van der Waals surface area contributed by atoms with Gasteiger partial charge in [-0.3, -0.25) is 9.88 Å². The molecule has 2 amide bonds. The number of anilines is 1. The molecule has 0 saturated heterocycles. The number of hydrogen-bond donors (Lipinski definition) is 1. The van der Waals surface area contributed by atoms with Crippen LogP contribution in [0.4, 0.5) is 10.5 Å². The number of rotatable bonds is 4. The highest BCUT2D eigenvalue weighted by Gasteiger charge is 2.11. The maximum absolute atomic E-state index is 12.3. The van der Waals surface area contributed by atoms with Crippen LogP contribution in [0.25, 0.3) is 11.1 Å². The molecular formula is C21H21N3O. The Hall–Kier alpha value is -3.14. The van der Waals surface area contributed by atoms with Gasteiger partial charge in [0.05, 0.1) is 0 Å². The third-order valence-electron chi connectivity index (χ3n) is 4.18. The third-order valence-corrected chi connectivity index (χ3v) is 4.18. The quantitative estimate of drug-likeness (QED) is 0.770. The molecule has 0 aliphatic carbocycles. The molecule has 0 spiro atoms. The molecule has 4 nitrogen and oxygen atoms in total. The van der Waals surface area contributed by atoms with Crippen LogP contribution in [-0.4, -0.2) is 18.1 Å². The first-order valence-electron chi connectivity index (χ1n) is 8.21. The lowest BCUT2D eigenvalue weighted by Gasteiger charge is -2.18. The second-order valence-electron chi connectivity index (χ2n) is 5.94. The molecule has 4 heteroatoms. The topological polar surface area (TPSA) is 45.2 Å². The largest absolute Gasteiger partial charge is 0.334 e. The van der Waals surface area contributed by atoms with Gasteiger partial charge < -0.3 is 5.32 Å². The van der Waals surface area contributed by atoms with Gasteiger partial charge in [-0.2, -0.15) is 0 Å². The van der Waals surface area contributed by atoms with Crippen molar-refractivity contribution in [2.75, 3.05) is 11.9 Å². The van der Waals surface area contributed by atoms with Gasteiger partial charge in [-0.1, -0.05) is 42.5 Å². The number of nitrogens with one attached hydrogen (secondary N) is 1. The van der Waals surface area contributed by atoms with Crippen LogP contribution in [0.1, 0.15) is 11.1 Å². The lowest BCUT2D eigenvalue weighted by Crippen LogP contribution is -2.36. The zero-order valence-corrected chi connectivity index (χ0v) is 14.4. The molecule has 0 bridgehead atoms. The Balaban J connectivity index is 1.67. The molecule has 0 unspecified atom stereocenters. The summed E-state index contributed by atoms with van der Waals surface area (Å²) < 4.78 is 0. The molecule has 25 heavy (non-hydrogen) atoms. The van der Waals surface area contributed by atoms with Crippen molar-refractivity contribution in [3.63, 3.8) is 0 Å². The van der Waals surface area contributed by atoms with Gasteiger partial charge in [0, 0.05) is 31.7 Å². The third kappa shape index (κ3) is 4.04. The molecule has 3 rings (SSSR count). The highest BCUT2D eigenvalue weighted by molar-refractivity contribution is 5.91. The molecule has 1 aromatic heterocycles. The highest BCUT2D eigenvalue weighted by Crippen LogP contribution is 2.25. The number of carbonyl (C=O) groups is 1. The number of hydrogen-bond acceptors (Lipinski definition) is 2. The van der Waals surface area contributed by atoms with Crippen molar-refractivity contribution in [1.29, 1.82) is 0 Å². The number of aryl methyl sites for hydroxylation is 1. The van der Waals surface area contributed by atoms with Gasteiger partial charge in [-0.05, 0) is 47.4 Å². The predicted octanol–water partition coefficient (Wildman–Crippen LogP) is 4.40. The van der Waals surface area contributed by atoms with Gasteiger partial charge in [0.1, 0.15) is 0 Å². The molecule has 0 fully saturated rings. The molecule has 0 radical (unpaired) electrons. The zero-order chi connectivity index (χ0) is 17.6. The number of pyridine rings is 1. The Morgan fingerprint density at radius 3 is 2.48 bits per heavy atom. The van der Waals surface area contributed by atoms with Crippen molar-refractivity contribution in [2.45, 2.75) is 13.5 Å². The second kappa shape index (κ2) is 7.62. The maximum atomic E-state index is 12.3. The Labute approximate surface area is 148 Å². The van der Waals surface area contributed by atoms with Crippen molar-refractivity contribution < 1.29 is 4.79 Å². The van der Waals surface area contributed by atoms with Crippen molar-refractivity contribution in [3.8, 4) is 11.1 Å². The molecular weight excluding hydrogens is 310 g/mol. The Morgan fingerprint density at radius 2 is 1.80 bits per heavy atom. The van der Waals surface area contributed by atoms with Gasteiger partial charge in [-0.25, -0.2) is 4.79 Å². The number of carbonyl (C=O) groups excluding carboxylic acids is 1. The van der Waals surface area contributed by atoms with Crippen LogP contribution in [0.15, 0.2) is 73.1 Å². The van der Waals surface area contributed by atoms with Gasteiger partial charge >= 0.3 is 6.03 Å². The molecule has 0 aliphatic rings. The van der Waals surface area contributed by atoms with E-state index >= 15 is 0 Å². The first-order chi connectivity index (χ1) is 12.1. The molecule has 0 aliphatic heterocycles. The number of nitrogens with zero attached hydrogens (tertiary/aromatic N) is 2. The highest BCUT2D eigenvalue weighted by atomic mass is 16.2. The van der Waals surface area contributed by atoms with E-state index in [9.17, 15) is 4.79 Å². The van der Waals surface area contributed by atoms with Crippen LogP contribution in [0.3, 0.4) is 0 Å². The van der Waals surface area contributed by atoms with Gasteiger partial charge in [0.2, 0.25) is 0 Å². The molecule has 1 heterocycles. The predicted molar refractivity (Wildman–Crippen MR) is 101 cm³/mol. The smallest absolute Gasteiger partial charge is 0.321 e. The maximum Gasteiger partial charge on any atom is 0.321 e. The molecule has 1 N–H and O–H groups in total. The second-order valence-corrected chi connectivity index (χ2v) is 5.94. The van der Waals surface area contributed by atoms with Crippen LogP contribution in [0, 0.1) is 6.92 Å². The lowest BCUT2D eigenvalue weighted by molar-refractivity contribution is 0.247. The number of benzene rings is 2. The van der Waals surface area contributed by atoms with Gasteiger partial charge in [0.25, 0.3) is 0 Å². The van der Waals surface area contributed by atoms with Crippen molar-refractivity contribution in [3.05, 3.63) is 84.2 Å². The SMILES string of the molecule is Cc1ccccc1-c1ccc(N(C)C(=O)NCc2cccnc2)cc1. The molecule has 0 atom stereocenters. The minimum atomic E-state index is -0.146. The summed E-state index contributed by atoms with van der Waals surface area (Å²) in [6, 6.07) is 19.9. The Bertz CT molecular complexity index is 845. The minimum Gasteiger partial charge on any atom is -0.334 e. The summed E-state index contributed by atoms with van der Waals surface area (Å²) in [4.78, 5) is 18.0. The van der Waals surface area contributed by atoms with Gasteiger partial charge in [0.15, 0.2) is 0 Å². The fourth-order valence-electron chi connectivity index (χ4n) is 2.68. The molecule has 126 valence electrons. The molecule has 0 saturated carbocycles. The van der Waals surface area contributed by atoms with Crippen LogP contribution < -0.4 is 10.2 Å². The zero-order valence-electron chi connectivity index (χ0n) is 14.4. The summed E-state index contributed by atoms with van der Waals surface area (Å²) in [5.74, 6) is 0. The van der Waals surface area contributed by atoms with Crippen molar-refractivity contribution >= 4 is 11.7 Å². The first-order valence-corrected chi connectivity index (χ1v) is 8.21. The fraction of sp³-hybridized carbons (Fsp3) is 0.143. The van der Waals surface area contributed by atoms with Crippen LogP contribution in [0.5, 0.6) is 0 Å². The summed E-state index contributed by atoms with van der Waals surface area (Å²) in [7, 11) is 1.77. The van der Waals surface area contributed by atoms with E-state index < -0.39 is 0 Å². The van der Waals surface area contributed by atoms with Gasteiger partial charge in [-0.15, -0.1) is 0 Å². The fourth-order valence-corrected chi connectivity index (χ4v) is 2.68. The number of urea groups is 1. The van der Waals surface area contributed by atoms with Crippen molar-refractivity contribution in [2.24, 2.45) is 0 Å². The van der Waals surface area contributed by atoms with Crippen LogP contribution in [-0.2, 0) is 6.54 Å². The summed E-state index contributed by atoms with van der Waals surface area (Å²) in [6.45, 7) is 2.56. The summed E-state index contributed by atoms with van der Waals surface area (Å²) in [5.41, 5.74) is 5.40.